The molecule has 5 heteroatoms. The zero-order chi connectivity index (χ0) is 16.4. The number of rotatable bonds is 10. The lowest BCUT2D eigenvalue weighted by Gasteiger charge is -2.25. The SMILES string of the molecule is CCCCN(CCCC)C(=O)CN1CCC(C(=O)OCC)C1. The normalized spacial score (nSPS) is 18.4. The molecule has 1 aliphatic heterocycles. The van der Waals surface area contributed by atoms with Gasteiger partial charge in [0, 0.05) is 19.6 Å². The van der Waals surface area contributed by atoms with Crippen molar-refractivity contribution >= 4 is 11.9 Å². The van der Waals surface area contributed by atoms with Crippen molar-refractivity contribution in [2.24, 2.45) is 5.92 Å². The van der Waals surface area contributed by atoms with Crippen LogP contribution in [0, 0.1) is 5.92 Å². The van der Waals surface area contributed by atoms with Crippen LogP contribution in [0.15, 0.2) is 0 Å². The number of likely N-dealkylation sites (tertiary alicyclic amines) is 1. The first kappa shape index (κ1) is 18.9. The molecule has 1 heterocycles. The summed E-state index contributed by atoms with van der Waals surface area (Å²) in [5.74, 6) is 0.0187. The summed E-state index contributed by atoms with van der Waals surface area (Å²) in [6, 6.07) is 0. The van der Waals surface area contributed by atoms with Gasteiger partial charge in [-0.05, 0) is 32.7 Å². The van der Waals surface area contributed by atoms with Crippen LogP contribution in [-0.2, 0) is 14.3 Å². The Morgan fingerprint density at radius 1 is 1.14 bits per heavy atom. The Kier molecular flexibility index (Phi) is 9.13. The predicted octanol–water partition coefficient (Wildman–Crippen LogP) is 2.30. The van der Waals surface area contributed by atoms with E-state index in [0.29, 0.717) is 19.7 Å². The number of esters is 1. The highest BCUT2D eigenvalue weighted by Crippen LogP contribution is 2.17. The summed E-state index contributed by atoms with van der Waals surface area (Å²) in [6.07, 6.45) is 5.12. The smallest absolute Gasteiger partial charge is 0.310 e. The molecular weight excluding hydrogens is 280 g/mol. The van der Waals surface area contributed by atoms with Gasteiger partial charge in [0.2, 0.25) is 5.91 Å². The zero-order valence-corrected chi connectivity index (χ0v) is 14.5. The van der Waals surface area contributed by atoms with Gasteiger partial charge in [0.15, 0.2) is 0 Å². The van der Waals surface area contributed by atoms with Crippen LogP contribution in [0.1, 0.15) is 52.9 Å². The van der Waals surface area contributed by atoms with Crippen molar-refractivity contribution in [2.75, 3.05) is 39.3 Å². The molecule has 128 valence electrons. The molecular formula is C17H32N2O3. The van der Waals surface area contributed by atoms with Crippen molar-refractivity contribution in [3.63, 3.8) is 0 Å². The van der Waals surface area contributed by atoms with E-state index in [4.69, 9.17) is 4.74 Å². The monoisotopic (exact) mass is 312 g/mol. The number of ether oxygens (including phenoxy) is 1. The number of unbranched alkanes of at least 4 members (excludes halogenated alkanes) is 2. The summed E-state index contributed by atoms with van der Waals surface area (Å²) in [7, 11) is 0. The summed E-state index contributed by atoms with van der Waals surface area (Å²) in [6.45, 7) is 10.1. The van der Waals surface area contributed by atoms with E-state index in [9.17, 15) is 9.59 Å². The van der Waals surface area contributed by atoms with E-state index in [0.717, 1.165) is 51.7 Å². The lowest BCUT2D eigenvalue weighted by atomic mass is 10.1. The predicted molar refractivity (Wildman–Crippen MR) is 87.6 cm³/mol. The van der Waals surface area contributed by atoms with E-state index in [1.807, 2.05) is 11.8 Å². The Balaban J connectivity index is 2.43. The summed E-state index contributed by atoms with van der Waals surface area (Å²) in [4.78, 5) is 28.3. The molecule has 1 atom stereocenters. The Morgan fingerprint density at radius 3 is 2.32 bits per heavy atom. The highest BCUT2D eigenvalue weighted by atomic mass is 16.5. The Bertz CT molecular complexity index is 339. The highest BCUT2D eigenvalue weighted by molar-refractivity contribution is 5.78. The van der Waals surface area contributed by atoms with Gasteiger partial charge in [0.05, 0.1) is 19.1 Å². The number of hydrogen-bond donors (Lipinski definition) is 0. The number of amides is 1. The molecule has 1 saturated heterocycles. The van der Waals surface area contributed by atoms with Gasteiger partial charge in [0.25, 0.3) is 0 Å². The largest absolute Gasteiger partial charge is 0.466 e. The third-order valence-electron chi connectivity index (χ3n) is 4.17. The second-order valence-corrected chi connectivity index (χ2v) is 6.06. The van der Waals surface area contributed by atoms with Crippen LogP contribution in [0.3, 0.4) is 0 Å². The Morgan fingerprint density at radius 2 is 1.77 bits per heavy atom. The van der Waals surface area contributed by atoms with Gasteiger partial charge < -0.3 is 9.64 Å². The molecule has 0 radical (unpaired) electrons. The van der Waals surface area contributed by atoms with Gasteiger partial charge in [-0.25, -0.2) is 0 Å². The molecule has 5 nitrogen and oxygen atoms in total. The molecule has 0 N–H and O–H groups in total. The van der Waals surface area contributed by atoms with E-state index in [2.05, 4.69) is 18.7 Å². The van der Waals surface area contributed by atoms with Crippen LogP contribution in [0.2, 0.25) is 0 Å². The molecule has 1 aliphatic rings. The van der Waals surface area contributed by atoms with E-state index < -0.39 is 0 Å². The van der Waals surface area contributed by atoms with Gasteiger partial charge in [-0.1, -0.05) is 26.7 Å². The molecule has 1 unspecified atom stereocenters. The molecule has 1 amide bonds. The second kappa shape index (κ2) is 10.6. The number of nitrogens with zero attached hydrogens (tertiary/aromatic N) is 2. The fourth-order valence-corrected chi connectivity index (χ4v) is 2.78. The summed E-state index contributed by atoms with van der Waals surface area (Å²) in [5.41, 5.74) is 0. The van der Waals surface area contributed by atoms with E-state index in [1.165, 1.54) is 0 Å². The number of hydrogen-bond acceptors (Lipinski definition) is 4. The molecule has 0 aromatic rings. The molecule has 0 aliphatic carbocycles. The van der Waals surface area contributed by atoms with Gasteiger partial charge in [-0.15, -0.1) is 0 Å². The third-order valence-corrected chi connectivity index (χ3v) is 4.17. The van der Waals surface area contributed by atoms with Gasteiger partial charge in [-0.3, -0.25) is 14.5 Å². The average molecular weight is 312 g/mol. The molecule has 0 aromatic carbocycles. The van der Waals surface area contributed by atoms with Gasteiger partial charge in [0.1, 0.15) is 0 Å². The quantitative estimate of drug-likeness (QED) is 0.581. The van der Waals surface area contributed by atoms with Crippen molar-refractivity contribution in [3.05, 3.63) is 0 Å². The van der Waals surface area contributed by atoms with Crippen LogP contribution in [0.5, 0.6) is 0 Å². The molecule has 0 spiro atoms. The molecule has 22 heavy (non-hydrogen) atoms. The molecule has 0 aromatic heterocycles. The maximum absolute atomic E-state index is 12.5. The standard InChI is InChI=1S/C17H32N2O3/c1-4-7-10-19(11-8-5-2)16(20)14-18-12-9-15(13-18)17(21)22-6-3/h15H,4-14H2,1-3H3. The lowest BCUT2D eigenvalue weighted by molar-refractivity contribution is -0.147. The van der Waals surface area contributed by atoms with Crippen LogP contribution in [0.25, 0.3) is 0 Å². The van der Waals surface area contributed by atoms with Crippen molar-refractivity contribution in [2.45, 2.75) is 52.9 Å². The molecule has 0 bridgehead atoms. The third kappa shape index (κ3) is 6.34. The minimum absolute atomic E-state index is 0.0625. The maximum atomic E-state index is 12.5. The lowest BCUT2D eigenvalue weighted by Crippen LogP contribution is -2.41. The average Bonchev–Trinajstić information content (AvgIpc) is 2.96. The molecule has 0 saturated carbocycles. The first-order valence-corrected chi connectivity index (χ1v) is 8.79. The Hall–Kier alpha value is -1.10. The van der Waals surface area contributed by atoms with E-state index in [1.54, 1.807) is 0 Å². The zero-order valence-electron chi connectivity index (χ0n) is 14.5. The fourth-order valence-electron chi connectivity index (χ4n) is 2.78. The van der Waals surface area contributed by atoms with Crippen molar-refractivity contribution in [1.82, 2.24) is 9.80 Å². The minimum Gasteiger partial charge on any atom is -0.466 e. The van der Waals surface area contributed by atoms with Gasteiger partial charge in [-0.2, -0.15) is 0 Å². The molecule has 1 rings (SSSR count). The van der Waals surface area contributed by atoms with Crippen LogP contribution >= 0.6 is 0 Å². The van der Waals surface area contributed by atoms with Crippen molar-refractivity contribution in [3.8, 4) is 0 Å². The molecule has 1 fully saturated rings. The minimum atomic E-state index is -0.119. The van der Waals surface area contributed by atoms with Crippen LogP contribution < -0.4 is 0 Å². The van der Waals surface area contributed by atoms with Crippen molar-refractivity contribution in [1.29, 1.82) is 0 Å². The topological polar surface area (TPSA) is 49.9 Å². The summed E-state index contributed by atoms with van der Waals surface area (Å²) >= 11 is 0. The number of carbonyl (C=O) groups excluding carboxylic acids is 2. The summed E-state index contributed by atoms with van der Waals surface area (Å²) in [5, 5.41) is 0. The maximum Gasteiger partial charge on any atom is 0.310 e. The van der Waals surface area contributed by atoms with Crippen LogP contribution in [0.4, 0.5) is 0 Å². The van der Waals surface area contributed by atoms with Crippen LogP contribution in [-0.4, -0.2) is 61.0 Å². The first-order chi connectivity index (χ1) is 10.6. The van der Waals surface area contributed by atoms with E-state index in [-0.39, 0.29) is 17.8 Å². The summed E-state index contributed by atoms with van der Waals surface area (Å²) < 4.78 is 5.07. The van der Waals surface area contributed by atoms with Crippen molar-refractivity contribution < 1.29 is 14.3 Å². The van der Waals surface area contributed by atoms with Gasteiger partial charge >= 0.3 is 5.97 Å². The number of carbonyl (C=O) groups is 2. The van der Waals surface area contributed by atoms with E-state index >= 15 is 0 Å². The fraction of sp³-hybridized carbons (Fsp3) is 0.882. The second-order valence-electron chi connectivity index (χ2n) is 6.06. The highest BCUT2D eigenvalue weighted by Gasteiger charge is 2.30. The Labute approximate surface area is 135 Å². The first-order valence-electron chi connectivity index (χ1n) is 8.79.